The van der Waals surface area contributed by atoms with Gasteiger partial charge in [-0.25, -0.2) is 9.67 Å². The molecule has 0 fully saturated rings. The summed E-state index contributed by atoms with van der Waals surface area (Å²) in [7, 11) is 1.72. The molecule has 0 N–H and O–H groups in total. The average molecular weight is 355 g/mol. The lowest BCUT2D eigenvalue weighted by Gasteiger charge is -2.20. The summed E-state index contributed by atoms with van der Waals surface area (Å²) < 4.78 is 7.01. The van der Waals surface area contributed by atoms with Crippen molar-refractivity contribution in [2.75, 3.05) is 7.05 Å². The Balaban J connectivity index is 1.62. The van der Waals surface area contributed by atoms with Crippen molar-refractivity contribution >= 4 is 5.91 Å². The van der Waals surface area contributed by atoms with Crippen LogP contribution in [0.15, 0.2) is 29.0 Å². The number of carbonyl (C=O) groups excluding carboxylic acids is 1. The number of rotatable bonds is 6. The zero-order chi connectivity index (χ0) is 18.7. The van der Waals surface area contributed by atoms with Crippen LogP contribution < -0.4 is 0 Å². The summed E-state index contributed by atoms with van der Waals surface area (Å²) in [4.78, 5) is 26.7. The van der Waals surface area contributed by atoms with Crippen molar-refractivity contribution < 1.29 is 9.32 Å². The molecule has 3 aromatic heterocycles. The van der Waals surface area contributed by atoms with Crippen LogP contribution in [0, 0.1) is 19.8 Å². The fourth-order valence-electron chi connectivity index (χ4n) is 2.67. The van der Waals surface area contributed by atoms with Gasteiger partial charge in [0, 0.05) is 25.0 Å². The van der Waals surface area contributed by atoms with E-state index in [9.17, 15) is 4.79 Å². The zero-order valence-corrected chi connectivity index (χ0v) is 15.2. The maximum absolute atomic E-state index is 12.6. The van der Waals surface area contributed by atoms with E-state index < -0.39 is 0 Å². The SMILES string of the molecule is Cc1nc(C)n(CC(C)C(=O)N(C)Cc2nc(-c3ccncc3)no2)n1. The Kier molecular flexibility index (Phi) is 5.06. The molecule has 0 aliphatic heterocycles. The van der Waals surface area contributed by atoms with Gasteiger partial charge in [-0.2, -0.15) is 10.1 Å². The molecule has 0 aliphatic rings. The Bertz CT molecular complexity index is 888. The molecule has 0 saturated heterocycles. The molecule has 26 heavy (non-hydrogen) atoms. The van der Waals surface area contributed by atoms with Gasteiger partial charge in [0.1, 0.15) is 11.6 Å². The number of amides is 1. The summed E-state index contributed by atoms with van der Waals surface area (Å²) in [5, 5.41) is 8.25. The predicted molar refractivity (Wildman–Crippen MR) is 92.7 cm³/mol. The molecule has 3 rings (SSSR count). The predicted octanol–water partition coefficient (Wildman–Crippen LogP) is 1.63. The maximum Gasteiger partial charge on any atom is 0.246 e. The maximum atomic E-state index is 12.6. The van der Waals surface area contributed by atoms with E-state index in [0.29, 0.717) is 24.1 Å². The van der Waals surface area contributed by atoms with Crippen LogP contribution in [0.4, 0.5) is 0 Å². The quantitative estimate of drug-likeness (QED) is 0.662. The molecule has 9 heteroatoms. The number of pyridine rings is 1. The minimum Gasteiger partial charge on any atom is -0.337 e. The molecule has 0 saturated carbocycles. The first-order valence-corrected chi connectivity index (χ1v) is 8.30. The third kappa shape index (κ3) is 3.93. The Labute approximate surface area is 151 Å². The summed E-state index contributed by atoms with van der Waals surface area (Å²) >= 11 is 0. The van der Waals surface area contributed by atoms with Gasteiger partial charge < -0.3 is 9.42 Å². The minimum atomic E-state index is -0.248. The van der Waals surface area contributed by atoms with Crippen molar-refractivity contribution in [2.45, 2.75) is 33.9 Å². The van der Waals surface area contributed by atoms with Crippen LogP contribution in [0.1, 0.15) is 24.5 Å². The molecule has 0 bridgehead atoms. The van der Waals surface area contributed by atoms with Crippen LogP contribution in [0.5, 0.6) is 0 Å². The average Bonchev–Trinajstić information content (AvgIpc) is 3.21. The zero-order valence-electron chi connectivity index (χ0n) is 15.2. The van der Waals surface area contributed by atoms with E-state index in [1.807, 2.05) is 20.8 Å². The van der Waals surface area contributed by atoms with Gasteiger partial charge in [0.25, 0.3) is 0 Å². The number of carbonyl (C=O) groups is 1. The number of aromatic nitrogens is 6. The van der Waals surface area contributed by atoms with Crippen molar-refractivity contribution in [2.24, 2.45) is 5.92 Å². The normalized spacial score (nSPS) is 12.2. The smallest absolute Gasteiger partial charge is 0.246 e. The molecule has 9 nitrogen and oxygen atoms in total. The number of nitrogens with zero attached hydrogens (tertiary/aromatic N) is 7. The lowest BCUT2D eigenvalue weighted by Crippen LogP contribution is -2.33. The second-order valence-corrected chi connectivity index (χ2v) is 6.23. The molecule has 1 atom stereocenters. The van der Waals surface area contributed by atoms with E-state index in [1.165, 1.54) is 0 Å². The van der Waals surface area contributed by atoms with E-state index in [4.69, 9.17) is 4.52 Å². The molecule has 0 radical (unpaired) electrons. The summed E-state index contributed by atoms with van der Waals surface area (Å²) in [6.07, 6.45) is 3.33. The summed E-state index contributed by atoms with van der Waals surface area (Å²) in [6, 6.07) is 3.60. The topological polar surface area (TPSA) is 103 Å². The van der Waals surface area contributed by atoms with Crippen LogP contribution in [0.2, 0.25) is 0 Å². The van der Waals surface area contributed by atoms with Gasteiger partial charge >= 0.3 is 0 Å². The van der Waals surface area contributed by atoms with Gasteiger partial charge in [-0.3, -0.25) is 9.78 Å². The molecule has 1 amide bonds. The van der Waals surface area contributed by atoms with Gasteiger partial charge in [0.2, 0.25) is 17.6 Å². The highest BCUT2D eigenvalue weighted by molar-refractivity contribution is 5.78. The number of hydrogen-bond donors (Lipinski definition) is 0. The molecule has 0 aromatic carbocycles. The molecule has 0 spiro atoms. The van der Waals surface area contributed by atoms with E-state index >= 15 is 0 Å². The molecular formula is C17H21N7O2. The molecular weight excluding hydrogens is 334 g/mol. The molecule has 136 valence electrons. The van der Waals surface area contributed by atoms with Crippen molar-refractivity contribution in [3.05, 3.63) is 42.1 Å². The fourth-order valence-corrected chi connectivity index (χ4v) is 2.67. The van der Waals surface area contributed by atoms with Crippen LogP contribution in [0.25, 0.3) is 11.4 Å². The van der Waals surface area contributed by atoms with Crippen LogP contribution in [-0.2, 0) is 17.9 Å². The minimum absolute atomic E-state index is 0.0267. The highest BCUT2D eigenvalue weighted by Crippen LogP contribution is 2.15. The van der Waals surface area contributed by atoms with Gasteiger partial charge in [-0.15, -0.1) is 0 Å². The third-order valence-corrected chi connectivity index (χ3v) is 3.99. The van der Waals surface area contributed by atoms with E-state index in [1.54, 1.807) is 41.2 Å². The van der Waals surface area contributed by atoms with Crippen molar-refractivity contribution in [1.82, 2.24) is 34.8 Å². The number of hydrogen-bond acceptors (Lipinski definition) is 7. The first-order chi connectivity index (χ1) is 12.4. The Morgan fingerprint density at radius 1 is 1.27 bits per heavy atom. The lowest BCUT2D eigenvalue weighted by atomic mass is 10.1. The summed E-state index contributed by atoms with van der Waals surface area (Å²) in [6.45, 7) is 6.29. The highest BCUT2D eigenvalue weighted by atomic mass is 16.5. The van der Waals surface area contributed by atoms with E-state index in [2.05, 4.69) is 25.2 Å². The monoisotopic (exact) mass is 355 g/mol. The van der Waals surface area contributed by atoms with Crippen LogP contribution >= 0.6 is 0 Å². The molecule has 3 aromatic rings. The number of aryl methyl sites for hydroxylation is 2. The highest BCUT2D eigenvalue weighted by Gasteiger charge is 2.21. The standard InChI is InChI=1S/C17H21N7O2/c1-11(9-24-13(3)19-12(2)21-24)17(25)23(4)10-15-20-16(22-26-15)14-5-7-18-8-6-14/h5-8,11H,9-10H2,1-4H3. The van der Waals surface area contributed by atoms with Gasteiger partial charge in [0.15, 0.2) is 0 Å². The first kappa shape index (κ1) is 17.7. The largest absolute Gasteiger partial charge is 0.337 e. The third-order valence-electron chi connectivity index (χ3n) is 3.99. The second-order valence-electron chi connectivity index (χ2n) is 6.23. The van der Waals surface area contributed by atoms with Crippen molar-refractivity contribution in [3.63, 3.8) is 0 Å². The van der Waals surface area contributed by atoms with Crippen LogP contribution in [0.3, 0.4) is 0 Å². The van der Waals surface area contributed by atoms with Gasteiger partial charge in [0.05, 0.1) is 19.0 Å². The summed E-state index contributed by atoms with van der Waals surface area (Å²) in [5.41, 5.74) is 0.814. The Hall–Kier alpha value is -3.10. The van der Waals surface area contributed by atoms with Gasteiger partial charge in [-0.05, 0) is 26.0 Å². The van der Waals surface area contributed by atoms with E-state index in [-0.39, 0.29) is 18.4 Å². The second kappa shape index (κ2) is 7.42. The Morgan fingerprint density at radius 3 is 2.65 bits per heavy atom. The first-order valence-electron chi connectivity index (χ1n) is 8.30. The molecule has 3 heterocycles. The van der Waals surface area contributed by atoms with Crippen LogP contribution in [-0.4, -0.2) is 47.7 Å². The fraction of sp³-hybridized carbons (Fsp3) is 0.412. The molecule has 1 unspecified atom stereocenters. The van der Waals surface area contributed by atoms with Gasteiger partial charge in [-0.1, -0.05) is 12.1 Å². The Morgan fingerprint density at radius 2 is 2.00 bits per heavy atom. The lowest BCUT2D eigenvalue weighted by molar-refractivity contribution is -0.135. The van der Waals surface area contributed by atoms with E-state index in [0.717, 1.165) is 11.4 Å². The van der Waals surface area contributed by atoms with Crippen molar-refractivity contribution in [1.29, 1.82) is 0 Å². The summed E-state index contributed by atoms with van der Waals surface area (Å²) in [5.74, 6) is 2.08. The van der Waals surface area contributed by atoms with Crippen molar-refractivity contribution in [3.8, 4) is 11.4 Å². The molecule has 0 aliphatic carbocycles.